The lowest BCUT2D eigenvalue weighted by atomic mass is 9.98. The number of ether oxygens (including phenoxy) is 2. The van der Waals surface area contributed by atoms with Crippen LogP contribution in [0, 0.1) is 0 Å². The summed E-state index contributed by atoms with van der Waals surface area (Å²) in [6.45, 7) is 2.24. The Balaban J connectivity index is 1.52. The van der Waals surface area contributed by atoms with Crippen LogP contribution in [0.2, 0.25) is 0 Å². The van der Waals surface area contributed by atoms with Crippen molar-refractivity contribution in [1.82, 2.24) is 14.8 Å². The van der Waals surface area contributed by atoms with Gasteiger partial charge in [-0.3, -0.25) is 14.7 Å². The zero-order valence-corrected chi connectivity index (χ0v) is 18.8. The van der Waals surface area contributed by atoms with Crippen molar-refractivity contribution < 1.29 is 14.3 Å². The van der Waals surface area contributed by atoms with E-state index in [1.54, 1.807) is 26.6 Å². The van der Waals surface area contributed by atoms with Gasteiger partial charge in [0.05, 0.1) is 20.3 Å². The third kappa shape index (κ3) is 4.75. The van der Waals surface area contributed by atoms with E-state index in [0.717, 1.165) is 35.3 Å². The van der Waals surface area contributed by atoms with Gasteiger partial charge >= 0.3 is 0 Å². The highest BCUT2D eigenvalue weighted by Gasteiger charge is 2.33. The summed E-state index contributed by atoms with van der Waals surface area (Å²) in [6, 6.07) is 18.2. The lowest BCUT2D eigenvalue weighted by Gasteiger charge is -2.39. The van der Waals surface area contributed by atoms with Crippen LogP contribution in [0.3, 0.4) is 0 Å². The van der Waals surface area contributed by atoms with Crippen molar-refractivity contribution >= 4 is 5.91 Å². The van der Waals surface area contributed by atoms with Gasteiger partial charge in [-0.05, 0) is 52.9 Å². The molecule has 2 heterocycles. The first-order valence-electron chi connectivity index (χ1n) is 10.8. The van der Waals surface area contributed by atoms with Gasteiger partial charge in [0.2, 0.25) is 5.91 Å². The monoisotopic (exact) mass is 431 g/mol. The number of carbonyl (C=O) groups is 1. The average molecular weight is 432 g/mol. The minimum atomic E-state index is -0.200. The standard InChI is InChI=1S/C26H29N3O3/c1-28-14-15-29(18-20-6-9-24(31-2)25(17-20)32-3)23(26(28)30)16-19-4-7-21(8-5-19)22-10-12-27-13-11-22/h4-13,17,23H,14-16,18H2,1-3H3/t23-/m1/s1. The van der Waals surface area contributed by atoms with E-state index in [1.165, 1.54) is 0 Å². The highest BCUT2D eigenvalue weighted by molar-refractivity contribution is 5.82. The van der Waals surface area contributed by atoms with E-state index in [9.17, 15) is 4.79 Å². The van der Waals surface area contributed by atoms with Crippen molar-refractivity contribution in [2.75, 3.05) is 34.4 Å². The Labute approximate surface area is 189 Å². The number of amides is 1. The first-order valence-corrected chi connectivity index (χ1v) is 10.8. The van der Waals surface area contributed by atoms with Crippen LogP contribution < -0.4 is 9.47 Å². The predicted octanol–water partition coefficient (Wildman–Crippen LogP) is 3.65. The first-order chi connectivity index (χ1) is 15.6. The number of hydrogen-bond acceptors (Lipinski definition) is 5. The third-order valence-corrected chi connectivity index (χ3v) is 6.05. The molecule has 6 nitrogen and oxygen atoms in total. The van der Waals surface area contributed by atoms with Crippen molar-refractivity contribution in [1.29, 1.82) is 0 Å². The van der Waals surface area contributed by atoms with E-state index in [2.05, 4.69) is 34.1 Å². The van der Waals surface area contributed by atoms with Gasteiger partial charge in [0.25, 0.3) is 0 Å². The van der Waals surface area contributed by atoms with Crippen molar-refractivity contribution in [2.24, 2.45) is 0 Å². The number of carbonyl (C=O) groups excluding carboxylic acids is 1. The highest BCUT2D eigenvalue weighted by atomic mass is 16.5. The van der Waals surface area contributed by atoms with Gasteiger partial charge < -0.3 is 14.4 Å². The van der Waals surface area contributed by atoms with E-state index >= 15 is 0 Å². The minimum absolute atomic E-state index is 0.162. The number of likely N-dealkylation sites (N-methyl/N-ethyl adjacent to an activating group) is 1. The number of aromatic nitrogens is 1. The maximum Gasteiger partial charge on any atom is 0.240 e. The number of nitrogens with zero attached hydrogens (tertiary/aromatic N) is 3. The molecule has 1 aliphatic rings. The summed E-state index contributed by atoms with van der Waals surface area (Å²) in [5.41, 5.74) is 4.52. The van der Waals surface area contributed by atoms with Crippen LogP contribution in [0.25, 0.3) is 11.1 Å². The number of methoxy groups -OCH3 is 2. The van der Waals surface area contributed by atoms with E-state index in [0.29, 0.717) is 24.5 Å². The molecule has 32 heavy (non-hydrogen) atoms. The Morgan fingerprint density at radius 2 is 1.53 bits per heavy atom. The molecule has 3 aromatic rings. The molecular weight excluding hydrogens is 402 g/mol. The maximum absolute atomic E-state index is 13.1. The molecule has 6 heteroatoms. The molecule has 2 aromatic carbocycles. The van der Waals surface area contributed by atoms with Crippen molar-refractivity contribution in [3.63, 3.8) is 0 Å². The Kier molecular flexibility index (Phi) is 6.71. The number of hydrogen-bond donors (Lipinski definition) is 0. The minimum Gasteiger partial charge on any atom is -0.493 e. The molecule has 0 aliphatic carbocycles. The normalized spacial score (nSPS) is 16.8. The molecule has 0 spiro atoms. The summed E-state index contributed by atoms with van der Waals surface area (Å²) in [7, 11) is 5.15. The van der Waals surface area contributed by atoms with Gasteiger partial charge in [-0.1, -0.05) is 30.3 Å². The van der Waals surface area contributed by atoms with Crippen LogP contribution in [0.1, 0.15) is 11.1 Å². The van der Waals surface area contributed by atoms with Gasteiger partial charge in [-0.2, -0.15) is 0 Å². The molecule has 0 unspecified atom stereocenters. The third-order valence-electron chi connectivity index (χ3n) is 6.05. The molecule has 0 bridgehead atoms. The van der Waals surface area contributed by atoms with Crippen LogP contribution in [-0.2, 0) is 17.8 Å². The van der Waals surface area contributed by atoms with Gasteiger partial charge in [0, 0.05) is 39.1 Å². The molecule has 0 saturated carbocycles. The molecule has 0 N–H and O–H groups in total. The summed E-state index contributed by atoms with van der Waals surface area (Å²) >= 11 is 0. The van der Waals surface area contributed by atoms with Crippen LogP contribution in [0.5, 0.6) is 11.5 Å². The van der Waals surface area contributed by atoms with E-state index in [4.69, 9.17) is 9.47 Å². The maximum atomic E-state index is 13.1. The lowest BCUT2D eigenvalue weighted by Crippen LogP contribution is -2.56. The molecule has 166 valence electrons. The molecule has 0 radical (unpaired) electrons. The van der Waals surface area contributed by atoms with Crippen LogP contribution in [0.4, 0.5) is 0 Å². The summed E-state index contributed by atoms with van der Waals surface area (Å²) in [6.07, 6.45) is 4.27. The Morgan fingerprint density at radius 1 is 0.875 bits per heavy atom. The topological polar surface area (TPSA) is 54.9 Å². The molecule has 1 aromatic heterocycles. The van der Waals surface area contributed by atoms with Gasteiger partial charge in [-0.15, -0.1) is 0 Å². The van der Waals surface area contributed by atoms with Gasteiger partial charge in [0.15, 0.2) is 11.5 Å². The van der Waals surface area contributed by atoms with Crippen LogP contribution >= 0.6 is 0 Å². The number of rotatable bonds is 7. The van der Waals surface area contributed by atoms with E-state index in [1.807, 2.05) is 42.3 Å². The Morgan fingerprint density at radius 3 is 2.22 bits per heavy atom. The zero-order chi connectivity index (χ0) is 22.5. The summed E-state index contributed by atoms with van der Waals surface area (Å²) < 4.78 is 10.8. The number of piperazine rings is 1. The quantitative estimate of drug-likeness (QED) is 0.572. The molecule has 1 amide bonds. The molecule has 1 aliphatic heterocycles. The van der Waals surface area contributed by atoms with Crippen LogP contribution in [-0.4, -0.2) is 61.1 Å². The molecule has 1 fully saturated rings. The fourth-order valence-electron chi connectivity index (χ4n) is 4.18. The van der Waals surface area contributed by atoms with Crippen LogP contribution in [0.15, 0.2) is 67.0 Å². The Hall–Kier alpha value is -3.38. The SMILES string of the molecule is COc1ccc(CN2CCN(C)C(=O)[C@H]2Cc2ccc(-c3ccncc3)cc2)cc1OC. The molecular formula is C26H29N3O3. The van der Waals surface area contributed by atoms with Crippen molar-refractivity contribution in [2.45, 2.75) is 19.0 Å². The summed E-state index contributed by atoms with van der Waals surface area (Å²) in [5.74, 6) is 1.57. The average Bonchev–Trinajstić information content (AvgIpc) is 2.84. The second-order valence-electron chi connectivity index (χ2n) is 8.07. The Bertz CT molecular complexity index is 1050. The number of benzene rings is 2. The van der Waals surface area contributed by atoms with Gasteiger partial charge in [0.1, 0.15) is 0 Å². The molecule has 1 saturated heterocycles. The summed E-state index contributed by atoms with van der Waals surface area (Å²) in [4.78, 5) is 21.3. The van der Waals surface area contributed by atoms with E-state index in [-0.39, 0.29) is 11.9 Å². The fourth-order valence-corrected chi connectivity index (χ4v) is 4.18. The molecule has 1 atom stereocenters. The smallest absolute Gasteiger partial charge is 0.240 e. The predicted molar refractivity (Wildman–Crippen MR) is 125 cm³/mol. The van der Waals surface area contributed by atoms with Crippen molar-refractivity contribution in [3.05, 3.63) is 78.1 Å². The van der Waals surface area contributed by atoms with E-state index < -0.39 is 0 Å². The number of pyridine rings is 1. The second kappa shape index (κ2) is 9.83. The van der Waals surface area contributed by atoms with Crippen molar-refractivity contribution in [3.8, 4) is 22.6 Å². The lowest BCUT2D eigenvalue weighted by molar-refractivity contribution is -0.140. The molecule has 4 rings (SSSR count). The first kappa shape index (κ1) is 21.8. The second-order valence-corrected chi connectivity index (χ2v) is 8.07. The summed E-state index contributed by atoms with van der Waals surface area (Å²) in [5, 5.41) is 0. The van der Waals surface area contributed by atoms with Gasteiger partial charge in [-0.25, -0.2) is 0 Å². The zero-order valence-electron chi connectivity index (χ0n) is 18.8. The fraction of sp³-hybridized carbons (Fsp3) is 0.308. The highest BCUT2D eigenvalue weighted by Crippen LogP contribution is 2.29. The largest absolute Gasteiger partial charge is 0.493 e.